The highest BCUT2D eigenvalue weighted by atomic mass is 16.6. The van der Waals surface area contributed by atoms with Crippen LogP contribution in [0.25, 0.3) is 0 Å². The number of carbonyl (C=O) groups excluding carboxylic acids is 1. The summed E-state index contributed by atoms with van der Waals surface area (Å²) in [7, 11) is 0. The molecule has 0 amide bonds. The van der Waals surface area contributed by atoms with E-state index >= 15 is 0 Å². The van der Waals surface area contributed by atoms with Gasteiger partial charge in [0.25, 0.3) is 0 Å². The van der Waals surface area contributed by atoms with Crippen molar-refractivity contribution in [1.82, 2.24) is 0 Å². The number of aliphatic hydroxyl groups excluding tert-OH is 3. The highest BCUT2D eigenvalue weighted by Gasteiger charge is 2.52. The smallest absolute Gasteiger partial charge is 0.308 e. The third kappa shape index (κ3) is 5.90. The van der Waals surface area contributed by atoms with Crippen LogP contribution in [0, 0.1) is 5.92 Å². The van der Waals surface area contributed by atoms with Gasteiger partial charge in [-0.2, -0.15) is 0 Å². The van der Waals surface area contributed by atoms with Crippen LogP contribution in [-0.4, -0.2) is 57.9 Å². The Balaban J connectivity index is 1.77. The molecular weight excluding hydrogens is 400 g/mol. The topological polar surface area (TPSA) is 105 Å². The van der Waals surface area contributed by atoms with Gasteiger partial charge in [-0.3, -0.25) is 4.79 Å². The number of benzene rings is 2. The van der Waals surface area contributed by atoms with Gasteiger partial charge in [-0.15, -0.1) is 0 Å². The SMILES string of the molecule is CC(C)C(=O)O[C@@H]1[C@H](O)[C@H](O)[C@@H](OCc2ccccc2)[C@H](O)[C@H]1OCc1ccccc1. The Hall–Kier alpha value is -2.29. The molecule has 1 fully saturated rings. The van der Waals surface area contributed by atoms with Gasteiger partial charge in [0.05, 0.1) is 19.1 Å². The summed E-state index contributed by atoms with van der Waals surface area (Å²) in [5.74, 6) is -0.997. The number of ether oxygens (including phenoxy) is 3. The predicted octanol–water partition coefficient (Wildman–Crippen LogP) is 1.82. The van der Waals surface area contributed by atoms with Gasteiger partial charge in [0.15, 0.2) is 6.10 Å². The van der Waals surface area contributed by atoms with Crippen LogP contribution in [0.5, 0.6) is 0 Å². The molecule has 0 bridgehead atoms. The fraction of sp³-hybridized carbons (Fsp3) is 0.458. The normalized spacial score (nSPS) is 28.5. The predicted molar refractivity (Wildman–Crippen MR) is 113 cm³/mol. The van der Waals surface area contributed by atoms with Crippen molar-refractivity contribution in [1.29, 1.82) is 0 Å². The monoisotopic (exact) mass is 430 g/mol. The molecule has 0 aromatic heterocycles. The number of carbonyl (C=O) groups is 1. The summed E-state index contributed by atoms with van der Waals surface area (Å²) < 4.78 is 17.1. The van der Waals surface area contributed by atoms with E-state index in [0.717, 1.165) is 11.1 Å². The van der Waals surface area contributed by atoms with E-state index in [1.807, 2.05) is 60.7 Å². The van der Waals surface area contributed by atoms with Gasteiger partial charge in [0.2, 0.25) is 0 Å². The maximum absolute atomic E-state index is 12.2. The standard InChI is InChI=1S/C24H30O7/c1-15(2)24(28)31-23-19(26)18(25)21(29-13-16-9-5-3-6-10-16)20(27)22(23)30-14-17-11-7-4-8-12-17/h3-12,15,18-23,25-27H,13-14H2,1-2H3/t18-,19+,20-,21+,22+,23+/m0/s1. The second-order valence-corrected chi connectivity index (χ2v) is 8.05. The van der Waals surface area contributed by atoms with Crippen LogP contribution >= 0.6 is 0 Å². The summed E-state index contributed by atoms with van der Waals surface area (Å²) in [6, 6.07) is 18.6. The van der Waals surface area contributed by atoms with E-state index in [2.05, 4.69) is 0 Å². The highest BCUT2D eigenvalue weighted by molar-refractivity contribution is 5.71. The maximum atomic E-state index is 12.2. The lowest BCUT2D eigenvalue weighted by atomic mass is 9.84. The highest BCUT2D eigenvalue weighted by Crippen LogP contribution is 2.30. The third-order valence-corrected chi connectivity index (χ3v) is 5.31. The van der Waals surface area contributed by atoms with Gasteiger partial charge in [-0.1, -0.05) is 74.5 Å². The fourth-order valence-electron chi connectivity index (χ4n) is 3.50. The second kappa shape index (κ2) is 10.8. The first-order valence-electron chi connectivity index (χ1n) is 10.4. The van der Waals surface area contributed by atoms with Crippen LogP contribution in [0.3, 0.4) is 0 Å². The second-order valence-electron chi connectivity index (χ2n) is 8.05. The van der Waals surface area contributed by atoms with Gasteiger partial charge in [0.1, 0.15) is 30.5 Å². The minimum atomic E-state index is -1.48. The van der Waals surface area contributed by atoms with Crippen molar-refractivity contribution >= 4 is 5.97 Å². The molecule has 0 radical (unpaired) electrons. The summed E-state index contributed by atoms with van der Waals surface area (Å²) in [5.41, 5.74) is 1.71. The van der Waals surface area contributed by atoms with Crippen LogP contribution in [0.15, 0.2) is 60.7 Å². The molecule has 2 aromatic rings. The fourth-order valence-corrected chi connectivity index (χ4v) is 3.50. The van der Waals surface area contributed by atoms with E-state index in [9.17, 15) is 20.1 Å². The zero-order valence-electron chi connectivity index (χ0n) is 17.7. The van der Waals surface area contributed by atoms with Gasteiger partial charge in [-0.25, -0.2) is 0 Å². The van der Waals surface area contributed by atoms with Crippen LogP contribution in [0.1, 0.15) is 25.0 Å². The molecule has 1 saturated carbocycles. The Labute approximate surface area is 182 Å². The lowest BCUT2D eigenvalue weighted by Crippen LogP contribution is -2.66. The summed E-state index contributed by atoms with van der Waals surface area (Å²) >= 11 is 0. The van der Waals surface area contributed by atoms with Gasteiger partial charge in [0, 0.05) is 0 Å². The molecule has 7 heteroatoms. The summed E-state index contributed by atoms with van der Waals surface area (Å²) in [6.07, 6.45) is -7.70. The van der Waals surface area contributed by atoms with E-state index in [0.29, 0.717) is 0 Å². The Morgan fingerprint density at radius 1 is 0.742 bits per heavy atom. The zero-order valence-corrected chi connectivity index (χ0v) is 17.7. The number of hydrogen-bond acceptors (Lipinski definition) is 7. The Bertz CT molecular complexity index is 811. The van der Waals surface area contributed by atoms with Crippen LogP contribution in [0.2, 0.25) is 0 Å². The van der Waals surface area contributed by atoms with Gasteiger partial charge >= 0.3 is 5.97 Å². The molecule has 1 aliphatic rings. The molecule has 0 unspecified atom stereocenters. The first kappa shape index (κ1) is 23.4. The van der Waals surface area contributed by atoms with Crippen molar-refractivity contribution in [3.63, 3.8) is 0 Å². The molecule has 31 heavy (non-hydrogen) atoms. The number of hydrogen-bond donors (Lipinski definition) is 3. The Kier molecular flexibility index (Phi) is 8.17. The molecule has 0 heterocycles. The first-order valence-corrected chi connectivity index (χ1v) is 10.4. The van der Waals surface area contributed by atoms with Crippen LogP contribution in [0.4, 0.5) is 0 Å². The largest absolute Gasteiger partial charge is 0.456 e. The quantitative estimate of drug-likeness (QED) is 0.549. The molecule has 0 saturated heterocycles. The average molecular weight is 430 g/mol. The lowest BCUT2D eigenvalue weighted by Gasteiger charge is -2.45. The van der Waals surface area contributed by atoms with Gasteiger partial charge < -0.3 is 29.5 Å². The molecule has 0 aliphatic heterocycles. The Morgan fingerprint density at radius 2 is 1.19 bits per heavy atom. The van der Waals surface area contributed by atoms with Crippen molar-refractivity contribution < 1.29 is 34.3 Å². The van der Waals surface area contributed by atoms with E-state index < -0.39 is 48.5 Å². The molecule has 0 spiro atoms. The molecular formula is C24H30O7. The minimum absolute atomic E-state index is 0.131. The minimum Gasteiger partial charge on any atom is -0.456 e. The van der Waals surface area contributed by atoms with Crippen molar-refractivity contribution in [2.75, 3.05) is 0 Å². The third-order valence-electron chi connectivity index (χ3n) is 5.31. The summed E-state index contributed by atoms with van der Waals surface area (Å²) in [4.78, 5) is 12.2. The molecule has 6 atom stereocenters. The molecule has 3 rings (SSSR count). The van der Waals surface area contributed by atoms with Crippen molar-refractivity contribution in [3.05, 3.63) is 71.8 Å². The van der Waals surface area contributed by atoms with Gasteiger partial charge in [-0.05, 0) is 11.1 Å². The zero-order chi connectivity index (χ0) is 22.4. The number of rotatable bonds is 8. The van der Waals surface area contributed by atoms with Crippen LogP contribution in [-0.2, 0) is 32.2 Å². The number of aliphatic hydroxyl groups is 3. The van der Waals surface area contributed by atoms with Crippen LogP contribution < -0.4 is 0 Å². The molecule has 2 aromatic carbocycles. The van der Waals surface area contributed by atoms with E-state index in [1.165, 1.54) is 0 Å². The Morgan fingerprint density at radius 3 is 1.68 bits per heavy atom. The molecule has 1 aliphatic carbocycles. The van der Waals surface area contributed by atoms with Crippen molar-refractivity contribution in [2.24, 2.45) is 5.92 Å². The van der Waals surface area contributed by atoms with E-state index in [1.54, 1.807) is 13.8 Å². The molecule has 168 valence electrons. The van der Waals surface area contributed by atoms with Crippen molar-refractivity contribution in [2.45, 2.75) is 63.7 Å². The number of esters is 1. The first-order chi connectivity index (χ1) is 14.9. The molecule has 3 N–H and O–H groups in total. The van der Waals surface area contributed by atoms with E-state index in [4.69, 9.17) is 14.2 Å². The average Bonchev–Trinajstić information content (AvgIpc) is 2.78. The maximum Gasteiger partial charge on any atom is 0.308 e. The summed E-state index contributed by atoms with van der Waals surface area (Å²) in [5, 5.41) is 32.3. The van der Waals surface area contributed by atoms with Crippen molar-refractivity contribution in [3.8, 4) is 0 Å². The molecule has 7 nitrogen and oxygen atoms in total. The summed E-state index contributed by atoms with van der Waals surface area (Å²) in [6.45, 7) is 3.59. The lowest BCUT2D eigenvalue weighted by molar-refractivity contribution is -0.257. The van der Waals surface area contributed by atoms with E-state index in [-0.39, 0.29) is 13.2 Å².